The van der Waals surface area contributed by atoms with Crippen molar-refractivity contribution in [3.63, 3.8) is 0 Å². The lowest BCUT2D eigenvalue weighted by atomic mass is 9.66. The summed E-state index contributed by atoms with van der Waals surface area (Å²) in [4.78, 5) is 15.1. The Labute approximate surface area is 159 Å². The number of fused-ring (bicyclic) bond motifs is 1. The fraction of sp³-hybridized carbons (Fsp3) is 0.409. The Hall–Kier alpha value is -1.84. The van der Waals surface area contributed by atoms with E-state index in [1.165, 1.54) is 0 Å². The number of halogens is 1. The van der Waals surface area contributed by atoms with E-state index in [0.29, 0.717) is 23.6 Å². The molecule has 1 N–H and O–H groups in total. The third kappa shape index (κ3) is 3.04. The van der Waals surface area contributed by atoms with Crippen molar-refractivity contribution in [3.8, 4) is 0 Å². The lowest BCUT2D eigenvalue weighted by Crippen LogP contribution is -2.58. The Bertz CT molecular complexity index is 776. The highest BCUT2D eigenvalue weighted by Gasteiger charge is 2.50. The summed E-state index contributed by atoms with van der Waals surface area (Å²) in [5, 5.41) is 12.2. The van der Waals surface area contributed by atoms with E-state index in [-0.39, 0.29) is 17.9 Å². The molecular formula is C22H24ClNO2. The third-order valence-electron chi connectivity index (χ3n) is 6.10. The average molecular weight is 370 g/mol. The number of amides is 1. The Morgan fingerprint density at radius 2 is 1.73 bits per heavy atom. The maximum absolute atomic E-state index is 13.1. The molecule has 1 heterocycles. The van der Waals surface area contributed by atoms with Gasteiger partial charge in [-0.1, -0.05) is 54.8 Å². The topological polar surface area (TPSA) is 40.5 Å². The predicted octanol–water partition coefficient (Wildman–Crippen LogP) is 4.63. The zero-order chi connectivity index (χ0) is 18.1. The van der Waals surface area contributed by atoms with Crippen LogP contribution in [-0.4, -0.2) is 28.5 Å². The molecule has 4 rings (SSSR count). The molecule has 26 heavy (non-hydrogen) atoms. The SMILES string of the molecule is O=C(c1ccc(Cl)cc1)N1CC[C@@](O)(c2ccccc2)[C@@H]2CCCC[C@@H]21. The highest BCUT2D eigenvalue weighted by Crippen LogP contribution is 2.47. The minimum atomic E-state index is -0.844. The molecule has 3 nitrogen and oxygen atoms in total. The molecule has 0 bridgehead atoms. The first-order chi connectivity index (χ1) is 12.6. The normalized spacial score (nSPS) is 28.5. The standard InChI is InChI=1S/C22H24ClNO2/c23-18-12-10-16(11-13-18)21(25)24-15-14-22(26,17-6-2-1-3-7-17)19-8-4-5-9-20(19)24/h1-3,6-7,10-13,19-20,26H,4-5,8-9,14-15H2/t19-,20+,22-/m1/s1. The van der Waals surface area contributed by atoms with Crippen molar-refractivity contribution >= 4 is 17.5 Å². The van der Waals surface area contributed by atoms with E-state index >= 15 is 0 Å². The second-order valence-corrected chi connectivity index (χ2v) is 7.94. The van der Waals surface area contributed by atoms with Gasteiger partial charge in [-0.3, -0.25) is 4.79 Å². The molecule has 1 saturated heterocycles. The number of nitrogens with zero attached hydrogens (tertiary/aromatic N) is 1. The highest BCUT2D eigenvalue weighted by molar-refractivity contribution is 6.30. The smallest absolute Gasteiger partial charge is 0.254 e. The number of carbonyl (C=O) groups excluding carboxylic acids is 1. The van der Waals surface area contributed by atoms with Crippen molar-refractivity contribution in [3.05, 3.63) is 70.7 Å². The fourth-order valence-corrected chi connectivity index (χ4v) is 4.91. The summed E-state index contributed by atoms with van der Waals surface area (Å²) in [7, 11) is 0. The molecule has 0 radical (unpaired) electrons. The molecule has 1 aliphatic carbocycles. The Balaban J connectivity index is 1.64. The summed E-state index contributed by atoms with van der Waals surface area (Å²) in [6.07, 6.45) is 4.72. The van der Waals surface area contributed by atoms with Gasteiger partial charge in [0.05, 0.1) is 5.60 Å². The van der Waals surface area contributed by atoms with E-state index < -0.39 is 5.60 Å². The highest BCUT2D eigenvalue weighted by atomic mass is 35.5. The zero-order valence-electron chi connectivity index (χ0n) is 14.8. The summed E-state index contributed by atoms with van der Waals surface area (Å²) in [6, 6.07) is 17.2. The molecule has 1 amide bonds. The van der Waals surface area contributed by atoms with Crippen LogP contribution in [0.3, 0.4) is 0 Å². The van der Waals surface area contributed by atoms with E-state index in [1.807, 2.05) is 35.2 Å². The van der Waals surface area contributed by atoms with Crippen LogP contribution in [-0.2, 0) is 5.60 Å². The fourth-order valence-electron chi connectivity index (χ4n) is 4.78. The van der Waals surface area contributed by atoms with Gasteiger partial charge < -0.3 is 10.0 Å². The van der Waals surface area contributed by atoms with Crippen LogP contribution in [0.15, 0.2) is 54.6 Å². The Kier molecular flexibility index (Phi) is 4.76. The zero-order valence-corrected chi connectivity index (χ0v) is 15.5. The van der Waals surface area contributed by atoms with E-state index in [4.69, 9.17) is 11.6 Å². The molecule has 2 aromatic rings. The van der Waals surface area contributed by atoms with E-state index in [1.54, 1.807) is 24.3 Å². The molecule has 2 fully saturated rings. The quantitative estimate of drug-likeness (QED) is 0.838. The number of carbonyl (C=O) groups is 1. The van der Waals surface area contributed by atoms with Gasteiger partial charge in [-0.25, -0.2) is 0 Å². The molecule has 1 saturated carbocycles. The van der Waals surface area contributed by atoms with Crippen LogP contribution >= 0.6 is 11.6 Å². The lowest BCUT2D eigenvalue weighted by Gasteiger charge is -2.52. The number of benzene rings is 2. The summed E-state index contributed by atoms with van der Waals surface area (Å²) >= 11 is 5.96. The number of hydrogen-bond acceptors (Lipinski definition) is 2. The van der Waals surface area contributed by atoms with Crippen molar-refractivity contribution in [2.75, 3.05) is 6.54 Å². The molecular weight excluding hydrogens is 346 g/mol. The second kappa shape index (κ2) is 7.05. The number of hydrogen-bond donors (Lipinski definition) is 1. The summed E-state index contributed by atoms with van der Waals surface area (Å²) < 4.78 is 0. The molecule has 2 aliphatic rings. The largest absolute Gasteiger partial charge is 0.385 e. The molecule has 3 atom stereocenters. The molecule has 0 unspecified atom stereocenters. The first kappa shape index (κ1) is 17.6. The lowest BCUT2D eigenvalue weighted by molar-refractivity contribution is -0.110. The van der Waals surface area contributed by atoms with Crippen LogP contribution < -0.4 is 0 Å². The first-order valence-electron chi connectivity index (χ1n) is 9.44. The first-order valence-corrected chi connectivity index (χ1v) is 9.82. The maximum atomic E-state index is 13.1. The van der Waals surface area contributed by atoms with Crippen LogP contribution in [0, 0.1) is 5.92 Å². The van der Waals surface area contributed by atoms with Crippen LogP contribution in [0.2, 0.25) is 5.02 Å². The van der Waals surface area contributed by atoms with Gasteiger partial charge >= 0.3 is 0 Å². The molecule has 136 valence electrons. The minimum absolute atomic E-state index is 0.0497. The van der Waals surface area contributed by atoms with Crippen molar-refractivity contribution in [2.24, 2.45) is 5.92 Å². The Morgan fingerprint density at radius 3 is 2.46 bits per heavy atom. The van der Waals surface area contributed by atoms with Gasteiger partial charge in [-0.2, -0.15) is 0 Å². The summed E-state index contributed by atoms with van der Waals surface area (Å²) in [5.74, 6) is 0.136. The van der Waals surface area contributed by atoms with Crippen LogP contribution in [0.4, 0.5) is 0 Å². The summed E-state index contributed by atoms with van der Waals surface area (Å²) in [5.41, 5.74) is 0.808. The number of piperidine rings is 1. The average Bonchev–Trinajstić information content (AvgIpc) is 2.69. The molecule has 1 aliphatic heterocycles. The van der Waals surface area contributed by atoms with Crippen LogP contribution in [0.25, 0.3) is 0 Å². The second-order valence-electron chi connectivity index (χ2n) is 7.50. The van der Waals surface area contributed by atoms with Gasteiger partial charge in [0.2, 0.25) is 0 Å². The predicted molar refractivity (Wildman–Crippen MR) is 103 cm³/mol. The van der Waals surface area contributed by atoms with Gasteiger partial charge in [0.1, 0.15) is 0 Å². The van der Waals surface area contributed by atoms with Crippen LogP contribution in [0.1, 0.15) is 48.0 Å². The number of aliphatic hydroxyl groups is 1. The van der Waals surface area contributed by atoms with Gasteiger partial charge in [0.25, 0.3) is 5.91 Å². The van der Waals surface area contributed by atoms with E-state index in [0.717, 1.165) is 31.2 Å². The van der Waals surface area contributed by atoms with Gasteiger partial charge in [0.15, 0.2) is 0 Å². The molecule has 0 spiro atoms. The Morgan fingerprint density at radius 1 is 1.04 bits per heavy atom. The molecule has 4 heteroatoms. The van der Waals surface area contributed by atoms with Crippen molar-refractivity contribution < 1.29 is 9.90 Å². The van der Waals surface area contributed by atoms with Gasteiger partial charge in [-0.05, 0) is 49.1 Å². The van der Waals surface area contributed by atoms with Crippen molar-refractivity contribution in [1.82, 2.24) is 4.90 Å². The summed E-state index contributed by atoms with van der Waals surface area (Å²) in [6.45, 7) is 0.577. The number of rotatable bonds is 2. The monoisotopic (exact) mass is 369 g/mol. The maximum Gasteiger partial charge on any atom is 0.254 e. The van der Waals surface area contributed by atoms with Gasteiger partial charge in [-0.15, -0.1) is 0 Å². The molecule has 2 aromatic carbocycles. The van der Waals surface area contributed by atoms with Crippen molar-refractivity contribution in [1.29, 1.82) is 0 Å². The van der Waals surface area contributed by atoms with Gasteiger partial charge in [0, 0.05) is 29.1 Å². The van der Waals surface area contributed by atoms with Crippen molar-refractivity contribution in [2.45, 2.75) is 43.7 Å². The third-order valence-corrected chi connectivity index (χ3v) is 6.35. The number of likely N-dealkylation sites (tertiary alicyclic amines) is 1. The van der Waals surface area contributed by atoms with E-state index in [2.05, 4.69) is 0 Å². The minimum Gasteiger partial charge on any atom is -0.385 e. The van der Waals surface area contributed by atoms with E-state index in [9.17, 15) is 9.90 Å². The van der Waals surface area contributed by atoms with Crippen LogP contribution in [0.5, 0.6) is 0 Å². The molecule has 0 aromatic heterocycles.